The van der Waals surface area contributed by atoms with Crippen molar-refractivity contribution in [3.63, 3.8) is 0 Å². The Bertz CT molecular complexity index is 1120. The number of guanidine groups is 1. The van der Waals surface area contributed by atoms with E-state index in [1.165, 1.54) is 4.57 Å². The molecule has 0 saturated heterocycles. The Labute approximate surface area is 154 Å². The molecule has 6 nitrogen and oxygen atoms in total. The van der Waals surface area contributed by atoms with Gasteiger partial charge in [-0.3, -0.25) is 19.1 Å². The topological polar surface area (TPSA) is 57.9 Å². The van der Waals surface area contributed by atoms with Crippen molar-refractivity contribution in [1.29, 1.82) is 0 Å². The smallest absolute Gasteiger partial charge is 0.305 e. The average Bonchev–Trinajstić information content (AvgIpc) is 3.18. The molecule has 2 aliphatic heterocycles. The summed E-state index contributed by atoms with van der Waals surface area (Å²) in [5.74, 6) is 1.50. The van der Waals surface area contributed by atoms with Gasteiger partial charge in [0.15, 0.2) is 0 Å². The van der Waals surface area contributed by atoms with E-state index in [2.05, 4.69) is 10.9 Å². The zero-order valence-electron chi connectivity index (χ0n) is 13.7. The number of carbonyl (C=O) groups is 1. The fourth-order valence-corrected chi connectivity index (χ4v) is 4.05. The predicted octanol–water partition coefficient (Wildman–Crippen LogP) is 2.16. The summed E-state index contributed by atoms with van der Waals surface area (Å²) in [6.07, 6.45) is 1.19. The molecule has 27 heavy (non-hydrogen) atoms. The van der Waals surface area contributed by atoms with Gasteiger partial charge < -0.3 is 4.90 Å². The van der Waals surface area contributed by atoms with Crippen LogP contribution in [0.1, 0.15) is 0 Å². The number of amides is 1. The first-order valence-corrected chi connectivity index (χ1v) is 8.65. The molecule has 10 heteroatoms. The molecule has 138 valence electrons. The molecule has 3 heterocycles. The van der Waals surface area contributed by atoms with Gasteiger partial charge in [-0.25, -0.2) is 4.90 Å². The minimum atomic E-state index is -4.65. The normalized spacial score (nSPS) is 17.0. The van der Waals surface area contributed by atoms with Crippen LogP contribution < -0.4 is 9.77 Å². The Kier molecular flexibility index (Phi) is 3.85. The second kappa shape index (κ2) is 5.99. The zero-order chi connectivity index (χ0) is 19.3. The predicted molar refractivity (Wildman–Crippen MR) is 95.5 cm³/mol. The molecule has 0 fully saturated rings. The van der Waals surface area contributed by atoms with Crippen LogP contribution in [0.3, 0.4) is 0 Å². The lowest BCUT2D eigenvalue weighted by atomic mass is 10.2. The van der Waals surface area contributed by atoms with Crippen molar-refractivity contribution >= 4 is 39.1 Å². The number of hydrogen-bond donors (Lipinski definition) is 0. The average molecular weight is 392 g/mol. The van der Waals surface area contributed by atoms with E-state index in [0.29, 0.717) is 22.0 Å². The molecule has 1 aromatic heterocycles. The molecular weight excluding hydrogens is 381 g/mol. The van der Waals surface area contributed by atoms with Crippen LogP contribution in [-0.2, 0) is 11.3 Å². The van der Waals surface area contributed by atoms with Crippen molar-refractivity contribution in [1.82, 2.24) is 9.47 Å². The number of hydrogen-bond acceptors (Lipinski definition) is 5. The number of fused-ring (bicyclic) bond motifs is 2. The Hall–Kier alpha value is -3.06. The van der Waals surface area contributed by atoms with Gasteiger partial charge in [0.1, 0.15) is 5.70 Å². The number of aliphatic imine (C=N–C) groups is 1. The first-order chi connectivity index (χ1) is 12.8. The maximum atomic E-state index is 13.2. The van der Waals surface area contributed by atoms with Crippen LogP contribution in [0.5, 0.6) is 0 Å². The summed E-state index contributed by atoms with van der Waals surface area (Å²) in [4.78, 5) is 30.5. The summed E-state index contributed by atoms with van der Waals surface area (Å²) >= 11 is 0.953. The van der Waals surface area contributed by atoms with Gasteiger partial charge >= 0.3 is 11.0 Å². The van der Waals surface area contributed by atoms with E-state index in [-0.39, 0.29) is 30.5 Å². The van der Waals surface area contributed by atoms with Crippen molar-refractivity contribution in [3.05, 3.63) is 39.6 Å². The number of aromatic nitrogens is 1. The van der Waals surface area contributed by atoms with E-state index in [1.807, 2.05) is 0 Å². The number of benzene rings is 1. The zero-order valence-corrected chi connectivity index (χ0v) is 14.5. The molecule has 2 aromatic rings. The largest absolute Gasteiger partial charge is 0.431 e. The van der Waals surface area contributed by atoms with Crippen molar-refractivity contribution in [2.24, 2.45) is 4.99 Å². The molecule has 0 aliphatic carbocycles. The van der Waals surface area contributed by atoms with Crippen molar-refractivity contribution < 1.29 is 18.0 Å². The third-order valence-corrected chi connectivity index (χ3v) is 5.18. The summed E-state index contributed by atoms with van der Waals surface area (Å²) < 4.78 is 41.7. The summed E-state index contributed by atoms with van der Waals surface area (Å²) in [6.45, 7) is 0.304. The molecule has 0 saturated carbocycles. The Morgan fingerprint density at radius 3 is 2.78 bits per heavy atom. The van der Waals surface area contributed by atoms with Gasteiger partial charge in [0, 0.05) is 12.6 Å². The van der Waals surface area contributed by atoms with Gasteiger partial charge in [0.25, 0.3) is 5.91 Å². The molecule has 2 aliphatic rings. The molecule has 0 unspecified atom stereocenters. The highest BCUT2D eigenvalue weighted by atomic mass is 32.1. The summed E-state index contributed by atoms with van der Waals surface area (Å²) in [5, 5.41) is 0. The SMILES string of the molecule is C#CCn1c(=O)sc2cc(N3C(=O)C=C(C(F)(F)F)N4CCN=C43)ccc21. The fraction of sp³-hybridized carbons (Fsp3) is 0.235. The van der Waals surface area contributed by atoms with Crippen LogP contribution in [-0.4, -0.2) is 40.6 Å². The molecule has 0 bridgehead atoms. The van der Waals surface area contributed by atoms with Gasteiger partial charge in [-0.05, 0) is 18.2 Å². The number of allylic oxidation sites excluding steroid dienone is 1. The number of anilines is 1. The molecule has 1 amide bonds. The summed E-state index contributed by atoms with van der Waals surface area (Å²) in [5.41, 5.74) is -0.0801. The first-order valence-electron chi connectivity index (χ1n) is 7.83. The van der Waals surface area contributed by atoms with Crippen LogP contribution in [0.15, 0.2) is 39.8 Å². The van der Waals surface area contributed by atoms with Crippen LogP contribution in [0.2, 0.25) is 0 Å². The first kappa shape index (κ1) is 17.4. The molecule has 4 rings (SSSR count). The number of halogens is 3. The van der Waals surface area contributed by atoms with Gasteiger partial charge in [-0.2, -0.15) is 13.2 Å². The minimum absolute atomic E-state index is 0.0403. The highest BCUT2D eigenvalue weighted by Crippen LogP contribution is 2.35. The molecule has 0 radical (unpaired) electrons. The Morgan fingerprint density at radius 2 is 2.07 bits per heavy atom. The van der Waals surface area contributed by atoms with Gasteiger partial charge in [-0.15, -0.1) is 6.42 Å². The number of nitrogens with zero attached hydrogens (tertiary/aromatic N) is 4. The number of carbonyl (C=O) groups excluding carboxylic acids is 1. The lowest BCUT2D eigenvalue weighted by molar-refractivity contribution is -0.119. The van der Waals surface area contributed by atoms with Crippen LogP contribution in [0, 0.1) is 12.3 Å². The quantitative estimate of drug-likeness (QED) is 0.736. The van der Waals surface area contributed by atoms with Gasteiger partial charge in [0.05, 0.1) is 29.0 Å². The summed E-state index contributed by atoms with van der Waals surface area (Å²) in [7, 11) is 0. The second-order valence-electron chi connectivity index (χ2n) is 5.84. The second-order valence-corrected chi connectivity index (χ2v) is 6.84. The third kappa shape index (κ3) is 2.71. The van der Waals surface area contributed by atoms with Crippen LogP contribution in [0.4, 0.5) is 18.9 Å². The maximum absolute atomic E-state index is 13.2. The van der Waals surface area contributed by atoms with Crippen LogP contribution >= 0.6 is 11.3 Å². The van der Waals surface area contributed by atoms with E-state index in [0.717, 1.165) is 21.1 Å². The lowest BCUT2D eigenvalue weighted by Gasteiger charge is -2.34. The standard InChI is InChI=1S/C17H11F3N4O2S/c1-2-6-22-11-4-3-10(8-12(11)27-16(22)26)24-14(25)9-13(17(18,19)20)23-7-5-21-15(23)24/h1,3-4,8-9H,5-7H2. The fourth-order valence-electron chi connectivity index (χ4n) is 3.13. The van der Waals surface area contributed by atoms with E-state index in [4.69, 9.17) is 6.42 Å². The molecule has 0 N–H and O–H groups in total. The van der Waals surface area contributed by atoms with Crippen molar-refractivity contribution in [2.75, 3.05) is 18.0 Å². The van der Waals surface area contributed by atoms with Gasteiger partial charge in [0.2, 0.25) is 5.96 Å². The number of thiazole rings is 1. The number of rotatable bonds is 2. The van der Waals surface area contributed by atoms with E-state index in [9.17, 15) is 22.8 Å². The number of terminal acetylenes is 1. The monoisotopic (exact) mass is 392 g/mol. The highest BCUT2D eigenvalue weighted by Gasteiger charge is 2.46. The third-order valence-electron chi connectivity index (χ3n) is 4.24. The van der Waals surface area contributed by atoms with E-state index >= 15 is 0 Å². The summed E-state index contributed by atoms with van der Waals surface area (Å²) in [6, 6.07) is 4.76. The molecular formula is C17H11F3N4O2S. The molecule has 1 aromatic carbocycles. The highest BCUT2D eigenvalue weighted by molar-refractivity contribution is 7.16. The Morgan fingerprint density at radius 1 is 1.30 bits per heavy atom. The van der Waals surface area contributed by atoms with E-state index < -0.39 is 17.8 Å². The van der Waals surface area contributed by atoms with Crippen LogP contribution in [0.25, 0.3) is 10.2 Å². The maximum Gasteiger partial charge on any atom is 0.431 e. The number of alkyl halides is 3. The van der Waals surface area contributed by atoms with E-state index in [1.54, 1.807) is 18.2 Å². The lowest BCUT2D eigenvalue weighted by Crippen LogP contribution is -2.51. The minimum Gasteiger partial charge on any atom is -0.305 e. The molecule has 0 spiro atoms. The van der Waals surface area contributed by atoms with Gasteiger partial charge in [-0.1, -0.05) is 17.3 Å². The van der Waals surface area contributed by atoms with Crippen molar-refractivity contribution in [2.45, 2.75) is 12.7 Å². The Balaban J connectivity index is 1.82. The molecule has 0 atom stereocenters. The van der Waals surface area contributed by atoms with Crippen molar-refractivity contribution in [3.8, 4) is 12.3 Å².